The van der Waals surface area contributed by atoms with Crippen LogP contribution < -0.4 is 5.32 Å². The van der Waals surface area contributed by atoms with Crippen molar-refractivity contribution in [2.75, 3.05) is 6.54 Å². The maximum atomic E-state index is 4.81. The summed E-state index contributed by atoms with van der Waals surface area (Å²) in [5.74, 6) is 0.827. The molecular weight excluding hydrogens is 228 g/mol. The van der Waals surface area contributed by atoms with Crippen molar-refractivity contribution in [3.63, 3.8) is 0 Å². The molecule has 0 spiro atoms. The van der Waals surface area contributed by atoms with Gasteiger partial charge in [-0.15, -0.1) is 11.3 Å². The average molecular weight is 252 g/mol. The predicted molar refractivity (Wildman–Crippen MR) is 74.7 cm³/mol. The highest BCUT2D eigenvalue weighted by Gasteiger charge is 2.34. The van der Waals surface area contributed by atoms with Gasteiger partial charge in [0.1, 0.15) is 5.01 Å². The van der Waals surface area contributed by atoms with E-state index in [1.807, 2.05) is 11.3 Å². The second-order valence-electron chi connectivity index (χ2n) is 6.09. The molecule has 17 heavy (non-hydrogen) atoms. The van der Waals surface area contributed by atoms with E-state index in [0.29, 0.717) is 6.04 Å². The molecule has 1 saturated carbocycles. The third kappa shape index (κ3) is 2.89. The molecule has 1 unspecified atom stereocenters. The van der Waals surface area contributed by atoms with Crippen molar-refractivity contribution in [1.82, 2.24) is 10.3 Å². The number of hydrogen-bond donors (Lipinski definition) is 1. The van der Waals surface area contributed by atoms with Gasteiger partial charge in [-0.3, -0.25) is 0 Å². The quantitative estimate of drug-likeness (QED) is 0.881. The third-order valence-corrected chi connectivity index (χ3v) is 4.94. The van der Waals surface area contributed by atoms with Crippen molar-refractivity contribution in [1.29, 1.82) is 0 Å². The SMILES string of the molecule is CCNC(c1nc(C)c(C(C)(C)C)s1)C1CC1. The Kier molecular flexibility index (Phi) is 3.60. The highest BCUT2D eigenvalue weighted by Crippen LogP contribution is 2.43. The molecule has 1 aliphatic carbocycles. The minimum absolute atomic E-state index is 0.223. The molecule has 0 saturated heterocycles. The largest absolute Gasteiger partial charge is 0.308 e. The van der Waals surface area contributed by atoms with E-state index in [-0.39, 0.29) is 5.41 Å². The molecule has 1 heterocycles. The zero-order valence-corrected chi connectivity index (χ0v) is 12.4. The van der Waals surface area contributed by atoms with Gasteiger partial charge in [0, 0.05) is 4.88 Å². The third-order valence-electron chi connectivity index (χ3n) is 3.28. The molecule has 0 aromatic carbocycles. The van der Waals surface area contributed by atoms with E-state index in [2.05, 4.69) is 39.9 Å². The van der Waals surface area contributed by atoms with Crippen LogP contribution in [0.5, 0.6) is 0 Å². The maximum Gasteiger partial charge on any atom is 0.110 e. The molecular formula is C14H24N2S. The van der Waals surface area contributed by atoms with E-state index >= 15 is 0 Å². The molecule has 0 aliphatic heterocycles. The highest BCUT2D eigenvalue weighted by atomic mass is 32.1. The van der Waals surface area contributed by atoms with Crippen LogP contribution in [0.1, 0.15) is 62.2 Å². The van der Waals surface area contributed by atoms with Gasteiger partial charge in [-0.1, -0.05) is 27.7 Å². The number of nitrogens with one attached hydrogen (secondary N) is 1. The Morgan fingerprint density at radius 3 is 2.47 bits per heavy atom. The first kappa shape index (κ1) is 13.0. The van der Waals surface area contributed by atoms with E-state index in [0.717, 1.165) is 12.5 Å². The molecule has 0 bridgehead atoms. The smallest absolute Gasteiger partial charge is 0.110 e. The van der Waals surface area contributed by atoms with Crippen LogP contribution >= 0.6 is 11.3 Å². The van der Waals surface area contributed by atoms with Gasteiger partial charge in [-0.2, -0.15) is 0 Å². The van der Waals surface area contributed by atoms with Crippen LogP contribution in [0.3, 0.4) is 0 Å². The standard InChI is InChI=1S/C14H24N2S/c1-6-15-11(10-7-8-10)13-16-9(2)12(17-13)14(3,4)5/h10-11,15H,6-8H2,1-5H3. The van der Waals surface area contributed by atoms with Crippen LogP contribution in [0.2, 0.25) is 0 Å². The van der Waals surface area contributed by atoms with E-state index < -0.39 is 0 Å². The fourth-order valence-electron chi connectivity index (χ4n) is 2.35. The molecule has 1 N–H and O–H groups in total. The summed E-state index contributed by atoms with van der Waals surface area (Å²) in [5, 5.41) is 4.90. The average Bonchev–Trinajstić information content (AvgIpc) is 2.96. The highest BCUT2D eigenvalue weighted by molar-refractivity contribution is 7.12. The molecule has 0 radical (unpaired) electrons. The Balaban J connectivity index is 2.26. The number of rotatable bonds is 4. The normalized spacial score (nSPS) is 18.4. The molecule has 3 heteroatoms. The molecule has 1 fully saturated rings. The maximum absolute atomic E-state index is 4.81. The lowest BCUT2D eigenvalue weighted by Crippen LogP contribution is -2.22. The Morgan fingerprint density at radius 2 is 2.06 bits per heavy atom. The monoisotopic (exact) mass is 252 g/mol. The topological polar surface area (TPSA) is 24.9 Å². The van der Waals surface area contributed by atoms with Gasteiger partial charge in [0.25, 0.3) is 0 Å². The fraction of sp³-hybridized carbons (Fsp3) is 0.786. The minimum atomic E-state index is 0.223. The number of aryl methyl sites for hydroxylation is 1. The first-order chi connectivity index (χ1) is 7.93. The van der Waals surface area contributed by atoms with Crippen molar-refractivity contribution in [2.24, 2.45) is 5.92 Å². The Morgan fingerprint density at radius 1 is 1.41 bits per heavy atom. The second kappa shape index (κ2) is 4.69. The molecule has 1 aromatic heterocycles. The zero-order chi connectivity index (χ0) is 12.6. The summed E-state index contributed by atoms with van der Waals surface area (Å²) in [5.41, 5.74) is 1.45. The molecule has 1 aliphatic rings. The molecule has 2 nitrogen and oxygen atoms in total. The van der Waals surface area contributed by atoms with Crippen LogP contribution in [0.15, 0.2) is 0 Å². The summed E-state index contributed by atoms with van der Waals surface area (Å²) >= 11 is 1.91. The Hall–Kier alpha value is -0.410. The van der Waals surface area contributed by atoms with Gasteiger partial charge < -0.3 is 5.32 Å². The van der Waals surface area contributed by atoms with Crippen LogP contribution in [0, 0.1) is 12.8 Å². The first-order valence-corrected chi connectivity index (χ1v) is 7.46. The summed E-state index contributed by atoms with van der Waals surface area (Å²) in [6, 6.07) is 0.500. The predicted octanol–water partition coefficient (Wildman–Crippen LogP) is 3.81. The van der Waals surface area contributed by atoms with Crippen molar-refractivity contribution < 1.29 is 0 Å². The van der Waals surface area contributed by atoms with Crippen LogP contribution in [-0.4, -0.2) is 11.5 Å². The van der Waals surface area contributed by atoms with Crippen molar-refractivity contribution >= 4 is 11.3 Å². The fourth-order valence-corrected chi connectivity index (χ4v) is 3.65. The second-order valence-corrected chi connectivity index (χ2v) is 7.12. The summed E-state index contributed by atoms with van der Waals surface area (Å²) in [7, 11) is 0. The van der Waals surface area contributed by atoms with Gasteiger partial charge in [0.2, 0.25) is 0 Å². The zero-order valence-electron chi connectivity index (χ0n) is 11.6. The van der Waals surface area contributed by atoms with Crippen LogP contribution in [0.4, 0.5) is 0 Å². The van der Waals surface area contributed by atoms with E-state index in [9.17, 15) is 0 Å². The molecule has 96 valence electrons. The van der Waals surface area contributed by atoms with Crippen molar-refractivity contribution in [2.45, 2.75) is 58.9 Å². The lowest BCUT2D eigenvalue weighted by Gasteiger charge is -2.17. The number of hydrogen-bond acceptors (Lipinski definition) is 3. The van der Waals surface area contributed by atoms with Crippen LogP contribution in [-0.2, 0) is 5.41 Å². The Labute approximate surface area is 109 Å². The summed E-state index contributed by atoms with van der Waals surface area (Å²) in [6.45, 7) is 12.2. The van der Waals surface area contributed by atoms with E-state index in [1.165, 1.54) is 28.4 Å². The summed E-state index contributed by atoms with van der Waals surface area (Å²) in [4.78, 5) is 6.25. The molecule has 1 aromatic rings. The number of thiazole rings is 1. The Bertz CT molecular complexity index is 385. The number of nitrogens with zero attached hydrogens (tertiary/aromatic N) is 1. The summed E-state index contributed by atoms with van der Waals surface area (Å²) < 4.78 is 0. The van der Waals surface area contributed by atoms with E-state index in [1.54, 1.807) is 0 Å². The lowest BCUT2D eigenvalue weighted by atomic mass is 9.93. The van der Waals surface area contributed by atoms with Gasteiger partial charge in [0.15, 0.2) is 0 Å². The van der Waals surface area contributed by atoms with Crippen molar-refractivity contribution in [3.05, 3.63) is 15.6 Å². The first-order valence-electron chi connectivity index (χ1n) is 6.64. The van der Waals surface area contributed by atoms with Crippen molar-refractivity contribution in [3.8, 4) is 0 Å². The minimum Gasteiger partial charge on any atom is -0.308 e. The number of aromatic nitrogens is 1. The van der Waals surface area contributed by atoms with Gasteiger partial charge in [0.05, 0.1) is 11.7 Å². The molecule has 1 atom stereocenters. The van der Waals surface area contributed by atoms with Gasteiger partial charge in [-0.25, -0.2) is 4.98 Å². The van der Waals surface area contributed by atoms with Crippen LogP contribution in [0.25, 0.3) is 0 Å². The van der Waals surface area contributed by atoms with Gasteiger partial charge in [-0.05, 0) is 37.6 Å². The van der Waals surface area contributed by atoms with E-state index in [4.69, 9.17) is 4.98 Å². The molecule has 2 rings (SSSR count). The van der Waals surface area contributed by atoms with Gasteiger partial charge >= 0.3 is 0 Å². The molecule has 0 amide bonds. The lowest BCUT2D eigenvalue weighted by molar-refractivity contribution is 0.493. The summed E-state index contributed by atoms with van der Waals surface area (Å²) in [6.07, 6.45) is 2.72.